The lowest BCUT2D eigenvalue weighted by atomic mass is 9.92. The summed E-state index contributed by atoms with van der Waals surface area (Å²) in [6.45, 7) is 2.10. The molecule has 3 atom stereocenters. The third-order valence-corrected chi connectivity index (χ3v) is 5.66. The summed E-state index contributed by atoms with van der Waals surface area (Å²) in [4.78, 5) is 27.5. The number of methoxy groups -OCH3 is 1. The number of ether oxygens (including phenoxy) is 2. The van der Waals surface area contributed by atoms with E-state index >= 15 is 0 Å². The van der Waals surface area contributed by atoms with E-state index in [2.05, 4.69) is 5.32 Å². The topological polar surface area (TPSA) is 67.9 Å². The predicted octanol–water partition coefficient (Wildman–Crippen LogP) is 1.90. The van der Waals surface area contributed by atoms with Crippen molar-refractivity contribution < 1.29 is 19.1 Å². The van der Waals surface area contributed by atoms with Crippen LogP contribution in [0.3, 0.4) is 0 Å². The Morgan fingerprint density at radius 3 is 2.88 bits per heavy atom. The van der Waals surface area contributed by atoms with Gasteiger partial charge in [-0.1, -0.05) is 12.1 Å². The lowest BCUT2D eigenvalue weighted by Crippen LogP contribution is -2.38. The first kappa shape index (κ1) is 17.3. The molecule has 1 saturated carbocycles. The minimum Gasteiger partial charge on any atom is -0.497 e. The standard InChI is InChI=1S/C20H26N2O4/c1-25-16-4-2-3-14(9-16)19-17(10-18(23)22(19)15-5-6-15)20(24)21-11-13-7-8-26-12-13/h2-4,9,13,15,17,19H,5-8,10-12H2,1H3,(H,21,24)/t13-,17+,19+/m0/s1. The molecule has 0 bridgehead atoms. The van der Waals surface area contributed by atoms with Crippen LogP contribution in [0.15, 0.2) is 24.3 Å². The number of nitrogens with one attached hydrogen (secondary N) is 1. The molecule has 1 aromatic carbocycles. The van der Waals surface area contributed by atoms with Crippen LogP contribution >= 0.6 is 0 Å². The van der Waals surface area contributed by atoms with E-state index in [1.807, 2.05) is 29.2 Å². The van der Waals surface area contributed by atoms with Crippen molar-refractivity contribution in [2.45, 2.75) is 37.8 Å². The highest BCUT2D eigenvalue weighted by atomic mass is 16.5. The first-order chi connectivity index (χ1) is 12.7. The van der Waals surface area contributed by atoms with Crippen molar-refractivity contribution in [2.75, 3.05) is 26.9 Å². The normalized spacial score (nSPS) is 28.4. The number of benzene rings is 1. The summed E-state index contributed by atoms with van der Waals surface area (Å²) in [7, 11) is 1.63. The molecular weight excluding hydrogens is 332 g/mol. The molecule has 2 amide bonds. The second-order valence-corrected chi connectivity index (χ2v) is 7.54. The molecule has 0 aromatic heterocycles. The number of carbonyl (C=O) groups is 2. The van der Waals surface area contributed by atoms with Crippen LogP contribution in [0.5, 0.6) is 5.75 Å². The summed E-state index contributed by atoms with van der Waals surface area (Å²) in [6, 6.07) is 7.82. The van der Waals surface area contributed by atoms with Gasteiger partial charge >= 0.3 is 0 Å². The predicted molar refractivity (Wildman–Crippen MR) is 95.6 cm³/mol. The maximum atomic E-state index is 12.9. The molecule has 2 saturated heterocycles. The Labute approximate surface area is 153 Å². The minimum absolute atomic E-state index is 0.0266. The van der Waals surface area contributed by atoms with Gasteiger partial charge in [0.15, 0.2) is 0 Å². The van der Waals surface area contributed by atoms with Gasteiger partial charge in [-0.25, -0.2) is 0 Å². The van der Waals surface area contributed by atoms with E-state index in [4.69, 9.17) is 9.47 Å². The molecule has 1 N–H and O–H groups in total. The molecule has 1 aromatic rings. The van der Waals surface area contributed by atoms with Crippen LogP contribution in [0, 0.1) is 11.8 Å². The Bertz CT molecular complexity index is 682. The number of likely N-dealkylation sites (tertiary alicyclic amines) is 1. The Morgan fingerprint density at radius 2 is 2.19 bits per heavy atom. The number of amides is 2. The van der Waals surface area contributed by atoms with Crippen molar-refractivity contribution in [1.29, 1.82) is 0 Å². The Balaban J connectivity index is 1.54. The summed E-state index contributed by atoms with van der Waals surface area (Å²) in [5, 5.41) is 3.07. The molecule has 0 radical (unpaired) electrons. The molecule has 0 spiro atoms. The highest BCUT2D eigenvalue weighted by Crippen LogP contribution is 2.45. The second-order valence-electron chi connectivity index (χ2n) is 7.54. The van der Waals surface area contributed by atoms with E-state index in [9.17, 15) is 9.59 Å². The van der Waals surface area contributed by atoms with Crippen LogP contribution in [0.4, 0.5) is 0 Å². The molecule has 3 aliphatic rings. The Morgan fingerprint density at radius 1 is 1.35 bits per heavy atom. The number of nitrogens with zero attached hydrogens (tertiary/aromatic N) is 1. The first-order valence-electron chi connectivity index (χ1n) is 9.48. The van der Waals surface area contributed by atoms with Gasteiger partial charge in [-0.3, -0.25) is 9.59 Å². The van der Waals surface area contributed by atoms with Gasteiger partial charge in [-0.2, -0.15) is 0 Å². The summed E-state index contributed by atoms with van der Waals surface area (Å²) in [5.74, 6) is 0.842. The van der Waals surface area contributed by atoms with Crippen LogP contribution in [-0.2, 0) is 14.3 Å². The third kappa shape index (κ3) is 3.43. The van der Waals surface area contributed by atoms with E-state index in [0.717, 1.165) is 37.2 Å². The van der Waals surface area contributed by atoms with Gasteiger partial charge in [0.25, 0.3) is 0 Å². The van der Waals surface area contributed by atoms with Gasteiger partial charge < -0.3 is 19.7 Å². The summed E-state index contributed by atoms with van der Waals surface area (Å²) < 4.78 is 10.7. The van der Waals surface area contributed by atoms with Crippen molar-refractivity contribution in [1.82, 2.24) is 10.2 Å². The average Bonchev–Trinajstić information content (AvgIpc) is 3.23. The van der Waals surface area contributed by atoms with Crippen molar-refractivity contribution in [2.24, 2.45) is 11.8 Å². The van der Waals surface area contributed by atoms with Gasteiger partial charge in [0, 0.05) is 31.5 Å². The number of hydrogen-bond donors (Lipinski definition) is 1. The fraction of sp³-hybridized carbons (Fsp3) is 0.600. The lowest BCUT2D eigenvalue weighted by Gasteiger charge is -2.28. The molecule has 1 aliphatic carbocycles. The molecule has 6 nitrogen and oxygen atoms in total. The van der Waals surface area contributed by atoms with E-state index < -0.39 is 0 Å². The van der Waals surface area contributed by atoms with Crippen LogP contribution in [-0.4, -0.2) is 49.6 Å². The summed E-state index contributed by atoms with van der Waals surface area (Å²) in [6.07, 6.45) is 3.32. The molecule has 2 aliphatic heterocycles. The Hall–Kier alpha value is -2.08. The molecule has 4 rings (SSSR count). The first-order valence-corrected chi connectivity index (χ1v) is 9.48. The van der Waals surface area contributed by atoms with Crippen molar-refractivity contribution >= 4 is 11.8 Å². The summed E-state index contributed by atoms with van der Waals surface area (Å²) in [5.41, 5.74) is 0.978. The van der Waals surface area contributed by atoms with E-state index in [-0.39, 0.29) is 36.2 Å². The van der Waals surface area contributed by atoms with Gasteiger partial charge in [0.1, 0.15) is 5.75 Å². The van der Waals surface area contributed by atoms with Crippen LogP contribution in [0.2, 0.25) is 0 Å². The smallest absolute Gasteiger partial charge is 0.226 e. The van der Waals surface area contributed by atoms with Crippen molar-refractivity contribution in [3.63, 3.8) is 0 Å². The highest BCUT2D eigenvalue weighted by Gasteiger charge is 2.49. The zero-order valence-corrected chi connectivity index (χ0v) is 15.1. The van der Waals surface area contributed by atoms with Crippen LogP contribution in [0.25, 0.3) is 0 Å². The van der Waals surface area contributed by atoms with Gasteiger partial charge in [0.2, 0.25) is 11.8 Å². The van der Waals surface area contributed by atoms with Gasteiger partial charge in [-0.05, 0) is 37.0 Å². The number of hydrogen-bond acceptors (Lipinski definition) is 4. The van der Waals surface area contributed by atoms with E-state index in [1.54, 1.807) is 7.11 Å². The Kier molecular flexibility index (Phi) is 4.85. The monoisotopic (exact) mass is 358 g/mol. The zero-order valence-electron chi connectivity index (χ0n) is 15.1. The maximum Gasteiger partial charge on any atom is 0.226 e. The van der Waals surface area contributed by atoms with Crippen molar-refractivity contribution in [3.8, 4) is 5.75 Å². The fourth-order valence-corrected chi connectivity index (χ4v) is 4.11. The molecule has 26 heavy (non-hydrogen) atoms. The number of carbonyl (C=O) groups excluding carboxylic acids is 2. The average molecular weight is 358 g/mol. The van der Waals surface area contributed by atoms with E-state index in [0.29, 0.717) is 19.1 Å². The lowest BCUT2D eigenvalue weighted by molar-refractivity contribution is -0.129. The molecular formula is C20H26N2O4. The zero-order chi connectivity index (χ0) is 18.1. The van der Waals surface area contributed by atoms with Gasteiger partial charge in [-0.15, -0.1) is 0 Å². The maximum absolute atomic E-state index is 12.9. The molecule has 140 valence electrons. The number of rotatable bonds is 6. The third-order valence-electron chi connectivity index (χ3n) is 5.66. The van der Waals surface area contributed by atoms with Crippen LogP contribution < -0.4 is 10.1 Å². The highest BCUT2D eigenvalue weighted by molar-refractivity contribution is 5.90. The summed E-state index contributed by atoms with van der Waals surface area (Å²) >= 11 is 0. The van der Waals surface area contributed by atoms with E-state index in [1.165, 1.54) is 0 Å². The van der Waals surface area contributed by atoms with Gasteiger partial charge in [0.05, 0.1) is 25.7 Å². The van der Waals surface area contributed by atoms with Crippen molar-refractivity contribution in [3.05, 3.63) is 29.8 Å². The molecule has 2 heterocycles. The minimum atomic E-state index is -0.350. The molecule has 3 fully saturated rings. The van der Waals surface area contributed by atoms with Crippen LogP contribution in [0.1, 0.15) is 37.3 Å². The second kappa shape index (κ2) is 7.27. The quantitative estimate of drug-likeness (QED) is 0.843. The SMILES string of the molecule is COc1cccc([C@@H]2[C@H](C(=O)NC[C@@H]3CCOC3)CC(=O)N2C2CC2)c1. The molecule has 0 unspecified atom stereocenters. The fourth-order valence-electron chi connectivity index (χ4n) is 4.11. The molecule has 6 heteroatoms. The largest absolute Gasteiger partial charge is 0.497 e.